The van der Waals surface area contributed by atoms with Crippen LogP contribution in [0.5, 0.6) is 0 Å². The van der Waals surface area contributed by atoms with Crippen molar-refractivity contribution in [2.75, 3.05) is 13.2 Å². The van der Waals surface area contributed by atoms with Crippen LogP contribution in [0, 0.1) is 0 Å². The van der Waals surface area contributed by atoms with E-state index in [1.807, 2.05) is 12.2 Å². The van der Waals surface area contributed by atoms with Gasteiger partial charge in [-0.3, -0.25) is 14.4 Å². The minimum Gasteiger partial charge on any atom is -0.479 e. The van der Waals surface area contributed by atoms with E-state index >= 15 is 0 Å². The molecule has 12 nitrogen and oxygen atoms in total. The Balaban J connectivity index is 2.79. The third-order valence-corrected chi connectivity index (χ3v) is 11.8. The first-order valence-electron chi connectivity index (χ1n) is 27.9. The molecular formula is C61H96O12. The minimum absolute atomic E-state index is 0.00587. The Morgan fingerprint density at radius 2 is 0.890 bits per heavy atom. The van der Waals surface area contributed by atoms with Gasteiger partial charge in [0, 0.05) is 19.3 Å². The van der Waals surface area contributed by atoms with Crippen molar-refractivity contribution in [3.05, 3.63) is 109 Å². The van der Waals surface area contributed by atoms with Gasteiger partial charge in [0.2, 0.25) is 0 Å². The predicted octanol–water partition coefficient (Wildman–Crippen LogP) is 13.9. The molecule has 1 saturated heterocycles. The average Bonchev–Trinajstić information content (AvgIpc) is 3.37. The molecular weight excluding hydrogens is 925 g/mol. The number of carboxylic acid groups (broad SMARTS) is 1. The smallest absolute Gasteiger partial charge is 0.335 e. The van der Waals surface area contributed by atoms with Crippen molar-refractivity contribution in [1.82, 2.24) is 0 Å². The highest BCUT2D eigenvalue weighted by molar-refractivity contribution is 5.74. The highest BCUT2D eigenvalue weighted by Gasteiger charge is 2.50. The number of aliphatic hydroxyl groups excluding tert-OH is 2. The summed E-state index contributed by atoms with van der Waals surface area (Å²) in [6.45, 7) is 5.64. The van der Waals surface area contributed by atoms with Gasteiger partial charge >= 0.3 is 23.9 Å². The van der Waals surface area contributed by atoms with Gasteiger partial charge in [-0.15, -0.1) is 0 Å². The summed E-state index contributed by atoms with van der Waals surface area (Å²) in [7, 11) is 0. The molecule has 0 aliphatic carbocycles. The zero-order valence-electron chi connectivity index (χ0n) is 45.1. The van der Waals surface area contributed by atoms with Gasteiger partial charge in [-0.2, -0.15) is 0 Å². The summed E-state index contributed by atoms with van der Waals surface area (Å²) in [4.78, 5) is 50.9. The number of allylic oxidation sites excluding steroid dienone is 18. The van der Waals surface area contributed by atoms with Gasteiger partial charge in [0.15, 0.2) is 24.6 Å². The zero-order chi connectivity index (χ0) is 53.3. The van der Waals surface area contributed by atoms with Crippen LogP contribution in [0.3, 0.4) is 0 Å². The second-order valence-corrected chi connectivity index (χ2v) is 18.4. The number of carboxylic acids is 1. The van der Waals surface area contributed by atoms with E-state index in [0.717, 1.165) is 89.9 Å². The number of hydrogen-bond donors (Lipinski definition) is 3. The van der Waals surface area contributed by atoms with E-state index in [1.54, 1.807) is 0 Å². The number of aliphatic hydroxyl groups is 2. The van der Waals surface area contributed by atoms with Gasteiger partial charge in [-0.05, 0) is 109 Å². The Bertz CT molecular complexity index is 1690. The van der Waals surface area contributed by atoms with Crippen molar-refractivity contribution in [2.24, 2.45) is 0 Å². The molecule has 6 unspecified atom stereocenters. The van der Waals surface area contributed by atoms with Gasteiger partial charge in [0.05, 0.1) is 6.61 Å². The van der Waals surface area contributed by atoms with Crippen molar-refractivity contribution in [3.8, 4) is 0 Å². The van der Waals surface area contributed by atoms with Crippen LogP contribution >= 0.6 is 0 Å². The number of aliphatic carboxylic acids is 1. The maximum Gasteiger partial charge on any atom is 0.335 e. The lowest BCUT2D eigenvalue weighted by molar-refractivity contribution is -0.301. The summed E-state index contributed by atoms with van der Waals surface area (Å²) in [6, 6.07) is 0. The van der Waals surface area contributed by atoms with Crippen LogP contribution in [-0.4, -0.2) is 89.2 Å². The van der Waals surface area contributed by atoms with Crippen molar-refractivity contribution in [2.45, 2.75) is 237 Å². The van der Waals surface area contributed by atoms with E-state index in [0.29, 0.717) is 32.1 Å². The molecule has 0 bridgehead atoms. The maximum absolute atomic E-state index is 13.1. The molecule has 1 aliphatic rings. The highest BCUT2D eigenvalue weighted by Crippen LogP contribution is 2.26. The third kappa shape index (κ3) is 38.6. The topological polar surface area (TPSA) is 175 Å². The molecule has 1 fully saturated rings. The molecule has 412 valence electrons. The number of esters is 3. The quantitative estimate of drug-likeness (QED) is 0.0228. The van der Waals surface area contributed by atoms with E-state index in [2.05, 4.69) is 118 Å². The van der Waals surface area contributed by atoms with Crippen LogP contribution < -0.4 is 0 Å². The maximum atomic E-state index is 13.1. The molecule has 0 spiro atoms. The Hall–Kier alpha value is -4.62. The van der Waals surface area contributed by atoms with E-state index in [9.17, 15) is 34.5 Å². The molecule has 0 aromatic heterocycles. The molecule has 0 aromatic carbocycles. The molecule has 1 aliphatic heterocycles. The number of ether oxygens (including phenoxy) is 5. The molecule has 0 amide bonds. The first kappa shape index (κ1) is 66.4. The van der Waals surface area contributed by atoms with Crippen molar-refractivity contribution in [1.29, 1.82) is 0 Å². The van der Waals surface area contributed by atoms with Gasteiger partial charge < -0.3 is 39.0 Å². The van der Waals surface area contributed by atoms with E-state index < -0.39 is 67.3 Å². The van der Waals surface area contributed by atoms with Crippen LogP contribution in [0.15, 0.2) is 109 Å². The number of unbranched alkanes of at least 4 members (excludes halogenated alkanes) is 13. The van der Waals surface area contributed by atoms with Crippen LogP contribution in [0.4, 0.5) is 0 Å². The lowest BCUT2D eigenvalue weighted by Crippen LogP contribution is -2.61. The van der Waals surface area contributed by atoms with E-state index in [1.165, 1.54) is 38.5 Å². The molecule has 73 heavy (non-hydrogen) atoms. The summed E-state index contributed by atoms with van der Waals surface area (Å²) in [5.41, 5.74) is 0. The molecule has 0 saturated carbocycles. The normalized spacial score (nSPS) is 19.2. The van der Waals surface area contributed by atoms with Crippen molar-refractivity contribution in [3.63, 3.8) is 0 Å². The average molecular weight is 1020 g/mol. The molecule has 3 N–H and O–H groups in total. The molecule has 6 atom stereocenters. The monoisotopic (exact) mass is 1020 g/mol. The van der Waals surface area contributed by atoms with Crippen LogP contribution in [-0.2, 0) is 42.9 Å². The number of carbonyl (C=O) groups is 4. The first-order chi connectivity index (χ1) is 35.6. The van der Waals surface area contributed by atoms with E-state index in [4.69, 9.17) is 23.7 Å². The molecule has 0 aromatic rings. The van der Waals surface area contributed by atoms with Crippen molar-refractivity contribution >= 4 is 23.9 Å². The Morgan fingerprint density at radius 1 is 0.466 bits per heavy atom. The zero-order valence-corrected chi connectivity index (χ0v) is 45.1. The van der Waals surface area contributed by atoms with Gasteiger partial charge in [0.25, 0.3) is 0 Å². The van der Waals surface area contributed by atoms with E-state index in [-0.39, 0.29) is 25.9 Å². The van der Waals surface area contributed by atoms with Crippen LogP contribution in [0.2, 0.25) is 0 Å². The lowest BCUT2D eigenvalue weighted by atomic mass is 9.98. The molecule has 1 rings (SSSR count). The third-order valence-electron chi connectivity index (χ3n) is 11.8. The summed E-state index contributed by atoms with van der Waals surface area (Å²) >= 11 is 0. The summed E-state index contributed by atoms with van der Waals surface area (Å²) in [6.07, 6.45) is 52.3. The van der Waals surface area contributed by atoms with Gasteiger partial charge in [0.1, 0.15) is 18.8 Å². The number of rotatable bonds is 45. The fourth-order valence-corrected chi connectivity index (χ4v) is 7.60. The van der Waals surface area contributed by atoms with Crippen LogP contribution in [0.25, 0.3) is 0 Å². The first-order valence-corrected chi connectivity index (χ1v) is 27.9. The Kier molecular flexibility index (Phi) is 44.0. The SMILES string of the molecule is CC/C=C\C/C=C\C/C=C\C/C=C\CCCCC(=O)OC1C(OCC(COC(=O)CCCCCCC/C=C\CCCCCCCC)OC(=O)CC/C=C\C/C=C\C/C=C\C/C=C\CC)OC(C(=O)O)C(O)C1O. The predicted molar refractivity (Wildman–Crippen MR) is 294 cm³/mol. The molecule has 1 heterocycles. The van der Waals surface area contributed by atoms with Gasteiger partial charge in [-0.25, -0.2) is 4.79 Å². The second kappa shape index (κ2) is 48.3. The largest absolute Gasteiger partial charge is 0.479 e. The minimum atomic E-state index is -1.93. The van der Waals surface area contributed by atoms with Gasteiger partial charge in [-0.1, -0.05) is 182 Å². The molecule has 12 heteroatoms. The number of hydrogen-bond acceptors (Lipinski definition) is 11. The molecule has 0 radical (unpaired) electrons. The summed E-state index contributed by atoms with van der Waals surface area (Å²) in [5.74, 6) is -3.31. The van der Waals surface area contributed by atoms with Crippen molar-refractivity contribution < 1.29 is 58.2 Å². The highest BCUT2D eigenvalue weighted by atomic mass is 16.7. The van der Waals surface area contributed by atoms with Crippen LogP contribution in [0.1, 0.15) is 201 Å². The Labute approximate surface area is 440 Å². The Morgan fingerprint density at radius 3 is 1.41 bits per heavy atom. The lowest BCUT2D eigenvalue weighted by Gasteiger charge is -2.40. The second-order valence-electron chi connectivity index (χ2n) is 18.4. The standard InChI is InChI=1S/C61H96O12/c1-4-7-10-13-16-19-22-25-27-30-32-35-38-41-44-47-53(62)69-50-52(71-54(63)48-45-42-39-36-33-29-24-21-18-15-12-9-6-3)51-70-61-59(57(66)56(65)58(73-61)60(67)68)72-55(64)49-46-43-40-37-34-31-28-26-23-20-17-14-11-8-5-2/h8-9,11-12,17-18,20-21,25-29,33-34,37,39,42,52,56-59,61,65-66H,4-7,10,13-16,19,22-24,30-32,35-36,38,40-41,43-51H2,1-3H3,(H,67,68)/b11-8-,12-9-,20-17-,21-18-,27-25-,28-26-,33-29-,37-34-,42-39-. The summed E-state index contributed by atoms with van der Waals surface area (Å²) in [5, 5.41) is 31.4. The fraction of sp³-hybridized carbons (Fsp3) is 0.639. The summed E-state index contributed by atoms with van der Waals surface area (Å²) < 4.78 is 28.2. The number of carbonyl (C=O) groups excluding carboxylic acids is 3. The fourth-order valence-electron chi connectivity index (χ4n) is 7.60.